The molecule has 0 unspecified atom stereocenters. The van der Waals surface area contributed by atoms with E-state index in [4.69, 9.17) is 4.74 Å². The average Bonchev–Trinajstić information content (AvgIpc) is 2.57. The van der Waals surface area contributed by atoms with Crippen LogP contribution in [0.5, 0.6) is 0 Å². The van der Waals surface area contributed by atoms with E-state index < -0.39 is 76.6 Å². The second-order valence-corrected chi connectivity index (χ2v) is 5.37. The maximum Gasteiger partial charge on any atom is 0.294 e. The minimum atomic E-state index is -2.18. The zero-order valence-electron chi connectivity index (χ0n) is 13.2. The molecule has 1 rings (SSSR count). The van der Waals surface area contributed by atoms with Crippen LogP contribution in [0.4, 0.5) is 0 Å². The van der Waals surface area contributed by atoms with Crippen molar-refractivity contribution in [3.63, 3.8) is 0 Å². The Labute approximate surface area is 147 Å². The maximum absolute atomic E-state index is 12.9. The molecule has 0 amide bonds. The van der Waals surface area contributed by atoms with Gasteiger partial charge in [0.1, 0.15) is 37.3 Å². The molecular formula is C9H12N4O14. The number of hydrogen-bond donors (Lipinski definition) is 0. The first kappa shape index (κ1) is 21.5. The van der Waals surface area contributed by atoms with Gasteiger partial charge >= 0.3 is 0 Å². The summed E-state index contributed by atoms with van der Waals surface area (Å²) in [5, 5.41) is 36.6. The summed E-state index contributed by atoms with van der Waals surface area (Å²) < 4.78 is 5.07. The van der Waals surface area contributed by atoms with Crippen LogP contribution in [-0.4, -0.2) is 65.8 Å². The van der Waals surface area contributed by atoms with Gasteiger partial charge in [-0.2, -0.15) is 0 Å². The van der Waals surface area contributed by atoms with Gasteiger partial charge in [-0.05, 0) is 0 Å². The highest BCUT2D eigenvalue weighted by Crippen LogP contribution is 2.38. The fraction of sp³-hybridized carbons (Fsp3) is 0.889. The van der Waals surface area contributed by atoms with Gasteiger partial charge in [0, 0.05) is 0 Å². The van der Waals surface area contributed by atoms with Crippen molar-refractivity contribution < 1.29 is 49.2 Å². The third-order valence-electron chi connectivity index (χ3n) is 3.51. The number of hydrogen-bond acceptors (Lipinski definition) is 14. The smallest absolute Gasteiger partial charge is 0.294 e. The summed E-state index contributed by atoms with van der Waals surface area (Å²) in [4.78, 5) is 71.1. The minimum Gasteiger partial charge on any atom is -0.379 e. The van der Waals surface area contributed by atoms with Gasteiger partial charge < -0.3 is 24.1 Å². The number of Topliss-reactive ketones (excluding diaryl/α,β-unsaturated/α-hetero) is 1. The molecule has 18 nitrogen and oxygen atoms in total. The normalized spacial score (nSPS) is 17.4. The molecule has 1 saturated heterocycles. The summed E-state index contributed by atoms with van der Waals surface area (Å²) in [5.74, 6) is -1.16. The zero-order chi connectivity index (χ0) is 20.7. The Morgan fingerprint density at radius 2 is 0.963 bits per heavy atom. The molecule has 0 N–H and O–H groups in total. The molecule has 0 bridgehead atoms. The van der Waals surface area contributed by atoms with Gasteiger partial charge in [-0.3, -0.25) is 4.79 Å². The number of ether oxygens (including phenoxy) is 1. The molecule has 0 aromatic rings. The predicted octanol–water partition coefficient (Wildman–Crippen LogP) is -1.61. The molecule has 0 aromatic heterocycles. The van der Waals surface area contributed by atoms with Crippen LogP contribution < -0.4 is 0 Å². The van der Waals surface area contributed by atoms with E-state index in [1.165, 1.54) is 0 Å². The first-order valence-electron chi connectivity index (χ1n) is 6.75. The van der Waals surface area contributed by atoms with Crippen molar-refractivity contribution >= 4 is 5.78 Å². The van der Waals surface area contributed by atoms with Gasteiger partial charge in [-0.1, -0.05) is 0 Å². The molecule has 18 heteroatoms. The van der Waals surface area contributed by atoms with E-state index in [0.29, 0.717) is 0 Å². The van der Waals surface area contributed by atoms with E-state index in [0.717, 1.165) is 0 Å². The summed E-state index contributed by atoms with van der Waals surface area (Å²) >= 11 is 0. The minimum absolute atomic E-state index is 0.661. The Morgan fingerprint density at radius 1 is 0.704 bits per heavy atom. The van der Waals surface area contributed by atoms with Crippen molar-refractivity contribution in [2.45, 2.75) is 0 Å². The molecule has 1 fully saturated rings. The number of ketones is 1. The van der Waals surface area contributed by atoms with E-state index in [2.05, 4.69) is 19.4 Å². The third kappa shape index (κ3) is 5.73. The largest absolute Gasteiger partial charge is 0.379 e. The van der Waals surface area contributed by atoms with Crippen molar-refractivity contribution in [3.8, 4) is 0 Å². The standard InChI is InChI=1S/C9H12N4O14/c14-7-8(3-24-10(15)16,4-25-11(17)18)1-23-2-9(7,5-26-12(19)20)6-27-13(21)22/h1-6H2. The quantitative estimate of drug-likeness (QED) is 0.265. The van der Waals surface area contributed by atoms with E-state index in [-0.39, 0.29) is 0 Å². The molecule has 0 aromatic carbocycles. The number of carbonyl (C=O) groups is 1. The van der Waals surface area contributed by atoms with E-state index >= 15 is 0 Å². The number of rotatable bonds is 12. The van der Waals surface area contributed by atoms with Gasteiger partial charge in [0.25, 0.3) is 20.3 Å². The molecule has 152 valence electrons. The van der Waals surface area contributed by atoms with E-state index in [1.807, 2.05) is 0 Å². The second-order valence-electron chi connectivity index (χ2n) is 5.37. The van der Waals surface area contributed by atoms with Crippen LogP contribution in [0, 0.1) is 51.3 Å². The number of nitrogens with zero attached hydrogens (tertiary/aromatic N) is 4. The van der Waals surface area contributed by atoms with Gasteiger partial charge in [0.15, 0.2) is 5.78 Å². The van der Waals surface area contributed by atoms with Gasteiger partial charge in [-0.15, -0.1) is 40.5 Å². The Morgan fingerprint density at radius 3 is 1.19 bits per heavy atom. The van der Waals surface area contributed by atoms with Crippen molar-refractivity contribution in [2.75, 3.05) is 39.6 Å². The molecule has 0 atom stereocenters. The van der Waals surface area contributed by atoms with E-state index in [9.17, 15) is 45.3 Å². The fourth-order valence-corrected chi connectivity index (χ4v) is 2.35. The summed E-state index contributed by atoms with van der Waals surface area (Å²) in [6.45, 7) is -5.63. The van der Waals surface area contributed by atoms with Crippen molar-refractivity contribution in [2.24, 2.45) is 10.8 Å². The highest BCUT2D eigenvalue weighted by atomic mass is 17.0. The monoisotopic (exact) mass is 400 g/mol. The molecule has 0 saturated carbocycles. The Hall–Kier alpha value is -3.57. The molecule has 1 aliphatic heterocycles. The molecule has 27 heavy (non-hydrogen) atoms. The maximum atomic E-state index is 12.9. The topological polar surface area (TPSA) is 236 Å². The van der Waals surface area contributed by atoms with Crippen LogP contribution in [0.3, 0.4) is 0 Å². The summed E-state index contributed by atoms with van der Waals surface area (Å²) in [6.07, 6.45) is 0. The molecule has 0 aliphatic carbocycles. The molecule has 1 heterocycles. The molecule has 1 aliphatic rings. The van der Waals surface area contributed by atoms with Gasteiger partial charge in [-0.25, -0.2) is 0 Å². The van der Waals surface area contributed by atoms with Gasteiger partial charge in [0.05, 0.1) is 13.2 Å². The fourth-order valence-electron chi connectivity index (χ4n) is 2.35. The highest BCUT2D eigenvalue weighted by molar-refractivity contribution is 5.92. The predicted molar refractivity (Wildman–Crippen MR) is 72.5 cm³/mol. The van der Waals surface area contributed by atoms with Crippen LogP contribution in [-0.2, 0) is 28.9 Å². The lowest BCUT2D eigenvalue weighted by Gasteiger charge is -2.43. The lowest BCUT2D eigenvalue weighted by Crippen LogP contribution is -2.61. The number of carbonyl (C=O) groups excluding carboxylic acids is 1. The SMILES string of the molecule is O=C1C(CO[N+](=O)[O-])(CO[N+](=O)[O-])COCC1(CO[N+](=O)[O-])CO[N+](=O)[O-]. The van der Waals surface area contributed by atoms with E-state index in [1.54, 1.807) is 0 Å². The Bertz CT molecular complexity index is 536. The first-order valence-corrected chi connectivity index (χ1v) is 6.75. The van der Waals surface area contributed by atoms with Gasteiger partial charge in [0.2, 0.25) is 0 Å². The molecular weight excluding hydrogens is 388 g/mol. The van der Waals surface area contributed by atoms with Crippen molar-refractivity contribution in [3.05, 3.63) is 40.5 Å². The summed E-state index contributed by atoms with van der Waals surface area (Å²) in [6, 6.07) is 0. The van der Waals surface area contributed by atoms with Crippen LogP contribution in [0.15, 0.2) is 0 Å². The summed E-state index contributed by atoms with van der Waals surface area (Å²) in [7, 11) is 0. The van der Waals surface area contributed by atoms with Crippen LogP contribution in [0.2, 0.25) is 0 Å². The lowest BCUT2D eigenvalue weighted by atomic mass is 9.69. The van der Waals surface area contributed by atoms with Crippen LogP contribution in [0.25, 0.3) is 0 Å². The Balaban J connectivity index is 3.22. The first-order chi connectivity index (χ1) is 12.5. The third-order valence-corrected chi connectivity index (χ3v) is 3.51. The highest BCUT2D eigenvalue weighted by Gasteiger charge is 2.56. The zero-order valence-corrected chi connectivity index (χ0v) is 13.2. The second kappa shape index (κ2) is 8.69. The molecule has 0 spiro atoms. The average molecular weight is 400 g/mol. The van der Waals surface area contributed by atoms with Crippen LogP contribution >= 0.6 is 0 Å². The van der Waals surface area contributed by atoms with Crippen molar-refractivity contribution in [1.29, 1.82) is 0 Å². The van der Waals surface area contributed by atoms with Crippen LogP contribution in [0.1, 0.15) is 0 Å². The summed E-state index contributed by atoms with van der Waals surface area (Å²) in [5.41, 5.74) is -4.36. The molecule has 0 radical (unpaired) electrons. The Kier molecular flexibility index (Phi) is 6.91. The lowest BCUT2D eigenvalue weighted by molar-refractivity contribution is -0.773. The van der Waals surface area contributed by atoms with Crippen molar-refractivity contribution in [1.82, 2.24) is 0 Å².